The Labute approximate surface area is 113 Å². The van der Waals surface area contributed by atoms with Crippen LogP contribution in [0.2, 0.25) is 0 Å². The highest BCUT2D eigenvalue weighted by molar-refractivity contribution is 5.85. The molecular formula is C14H17N5. The Kier molecular flexibility index (Phi) is 3.63. The Bertz CT molecular complexity index is 548. The van der Waals surface area contributed by atoms with Crippen molar-refractivity contribution >= 4 is 30.5 Å². The van der Waals surface area contributed by atoms with Crippen LogP contribution in [0.25, 0.3) is 0 Å². The van der Waals surface area contributed by atoms with E-state index in [0.29, 0.717) is 22.9 Å². The van der Waals surface area contributed by atoms with E-state index in [-0.39, 0.29) is 6.04 Å². The first-order chi connectivity index (χ1) is 9.12. The average Bonchev–Trinajstić information content (AvgIpc) is 2.76. The Morgan fingerprint density at radius 1 is 1.32 bits per heavy atom. The highest BCUT2D eigenvalue weighted by Crippen LogP contribution is 2.41. The molecule has 98 valence electrons. The van der Waals surface area contributed by atoms with Crippen molar-refractivity contribution in [2.24, 2.45) is 21.6 Å². The van der Waals surface area contributed by atoms with Crippen molar-refractivity contribution < 1.29 is 0 Å². The molecule has 2 unspecified atom stereocenters. The van der Waals surface area contributed by atoms with E-state index in [1.165, 1.54) is 0 Å². The van der Waals surface area contributed by atoms with Gasteiger partial charge in [-0.25, -0.2) is 0 Å². The largest absolute Gasteiger partial charge is 0.368 e. The van der Waals surface area contributed by atoms with Crippen LogP contribution < -0.4 is 10.6 Å². The topological polar surface area (TPSA) is 77.8 Å². The van der Waals surface area contributed by atoms with Crippen LogP contribution in [0, 0.1) is 17.2 Å². The lowest BCUT2D eigenvalue weighted by atomic mass is 10.1. The number of nitrogens with zero attached hydrogens (tertiary/aromatic N) is 4. The molecule has 0 radical (unpaired) electrons. The van der Waals surface area contributed by atoms with Crippen LogP contribution in [-0.4, -0.2) is 32.6 Å². The molecule has 0 amide bonds. The first-order valence-electron chi connectivity index (χ1n) is 6.13. The van der Waals surface area contributed by atoms with Crippen molar-refractivity contribution in [1.29, 1.82) is 5.26 Å². The summed E-state index contributed by atoms with van der Waals surface area (Å²) in [6.45, 7) is 10.9. The third kappa shape index (κ3) is 2.23. The van der Waals surface area contributed by atoms with Gasteiger partial charge < -0.3 is 10.6 Å². The molecule has 0 saturated carbocycles. The van der Waals surface area contributed by atoms with Gasteiger partial charge in [0.2, 0.25) is 0 Å². The number of aliphatic imine (C=N–C) groups is 2. The van der Waals surface area contributed by atoms with Gasteiger partial charge in [-0.1, -0.05) is 6.92 Å². The van der Waals surface area contributed by atoms with Crippen molar-refractivity contribution in [2.75, 3.05) is 18.0 Å². The second kappa shape index (κ2) is 5.21. The molecule has 2 rings (SSSR count). The Hall–Kier alpha value is -2.19. The molecule has 0 aliphatic carbocycles. The van der Waals surface area contributed by atoms with Gasteiger partial charge in [0, 0.05) is 19.1 Å². The minimum absolute atomic E-state index is 0.147. The SMILES string of the molecule is C=Nc1c(C#N)ccc(N2CC(C)C(N)C2)c1N=C. The standard InChI is InChI=1S/C14H17N5/c1-9-7-19(8-11(9)16)12-5-4-10(6-15)13(17-2)14(12)18-3/h4-5,9,11H,2-3,7-8,16H2,1H3. The van der Waals surface area contributed by atoms with Crippen LogP contribution in [0.15, 0.2) is 22.1 Å². The van der Waals surface area contributed by atoms with E-state index in [0.717, 1.165) is 18.8 Å². The fourth-order valence-electron chi connectivity index (χ4n) is 2.42. The summed E-state index contributed by atoms with van der Waals surface area (Å²) in [6, 6.07) is 5.85. The molecule has 0 aromatic heterocycles. The molecule has 2 atom stereocenters. The maximum absolute atomic E-state index is 9.08. The molecule has 1 saturated heterocycles. The Balaban J connectivity index is 2.50. The van der Waals surface area contributed by atoms with Crippen molar-refractivity contribution in [3.8, 4) is 6.07 Å². The van der Waals surface area contributed by atoms with Crippen LogP contribution in [0.4, 0.5) is 17.1 Å². The molecular weight excluding hydrogens is 238 g/mol. The third-order valence-corrected chi connectivity index (χ3v) is 3.58. The van der Waals surface area contributed by atoms with E-state index < -0.39 is 0 Å². The highest BCUT2D eigenvalue weighted by Gasteiger charge is 2.28. The summed E-state index contributed by atoms with van der Waals surface area (Å²) in [5, 5.41) is 9.08. The van der Waals surface area contributed by atoms with Gasteiger partial charge in [0.25, 0.3) is 0 Å². The summed E-state index contributed by atoms with van der Waals surface area (Å²) in [5.41, 5.74) is 8.51. The molecule has 5 heteroatoms. The molecule has 19 heavy (non-hydrogen) atoms. The Morgan fingerprint density at radius 3 is 2.47 bits per heavy atom. The molecule has 2 N–H and O–H groups in total. The van der Waals surface area contributed by atoms with E-state index >= 15 is 0 Å². The summed E-state index contributed by atoms with van der Waals surface area (Å²) < 4.78 is 0. The van der Waals surface area contributed by atoms with Gasteiger partial charge in [0.1, 0.15) is 17.4 Å². The minimum atomic E-state index is 0.147. The normalized spacial score (nSPS) is 22.1. The predicted octanol–water partition coefficient (Wildman–Crippen LogP) is 2.01. The number of hydrogen-bond donors (Lipinski definition) is 1. The lowest BCUT2D eigenvalue weighted by molar-refractivity contribution is 0.566. The highest BCUT2D eigenvalue weighted by atomic mass is 15.2. The quantitative estimate of drug-likeness (QED) is 0.839. The van der Waals surface area contributed by atoms with Crippen LogP contribution in [-0.2, 0) is 0 Å². The van der Waals surface area contributed by atoms with Gasteiger partial charge in [-0.15, -0.1) is 0 Å². The van der Waals surface area contributed by atoms with Gasteiger partial charge in [-0.05, 0) is 31.5 Å². The van der Waals surface area contributed by atoms with Crippen LogP contribution in [0.1, 0.15) is 12.5 Å². The number of nitriles is 1. The number of benzene rings is 1. The molecule has 0 spiro atoms. The van der Waals surface area contributed by atoms with Crippen LogP contribution in [0.3, 0.4) is 0 Å². The van der Waals surface area contributed by atoms with Crippen molar-refractivity contribution in [3.63, 3.8) is 0 Å². The van der Waals surface area contributed by atoms with E-state index in [1.807, 2.05) is 6.07 Å². The van der Waals surface area contributed by atoms with E-state index in [4.69, 9.17) is 11.0 Å². The molecule has 1 aliphatic heterocycles. The number of rotatable bonds is 3. The van der Waals surface area contributed by atoms with Crippen molar-refractivity contribution in [1.82, 2.24) is 0 Å². The second-order valence-corrected chi connectivity index (χ2v) is 4.80. The molecule has 0 bridgehead atoms. The summed E-state index contributed by atoms with van der Waals surface area (Å²) in [4.78, 5) is 10.1. The lowest BCUT2D eigenvalue weighted by Crippen LogP contribution is -2.28. The first-order valence-corrected chi connectivity index (χ1v) is 6.13. The van der Waals surface area contributed by atoms with Crippen LogP contribution >= 0.6 is 0 Å². The van der Waals surface area contributed by atoms with E-state index in [1.54, 1.807) is 6.07 Å². The van der Waals surface area contributed by atoms with E-state index in [2.05, 4.69) is 41.3 Å². The zero-order valence-electron chi connectivity index (χ0n) is 11.0. The smallest absolute Gasteiger partial charge is 0.112 e. The predicted molar refractivity (Wildman–Crippen MR) is 78.9 cm³/mol. The molecule has 5 nitrogen and oxygen atoms in total. The maximum Gasteiger partial charge on any atom is 0.112 e. The molecule has 1 aromatic carbocycles. The number of nitrogens with two attached hydrogens (primary N) is 1. The van der Waals surface area contributed by atoms with Gasteiger partial charge in [-0.2, -0.15) is 5.26 Å². The number of anilines is 1. The molecule has 1 fully saturated rings. The monoisotopic (exact) mass is 255 g/mol. The van der Waals surface area contributed by atoms with Crippen molar-refractivity contribution in [3.05, 3.63) is 17.7 Å². The zero-order chi connectivity index (χ0) is 14.0. The van der Waals surface area contributed by atoms with Gasteiger partial charge in [0.15, 0.2) is 0 Å². The van der Waals surface area contributed by atoms with E-state index in [9.17, 15) is 0 Å². The summed E-state index contributed by atoms with van der Waals surface area (Å²) in [7, 11) is 0. The van der Waals surface area contributed by atoms with Gasteiger partial charge in [-0.3, -0.25) is 9.98 Å². The average molecular weight is 255 g/mol. The lowest BCUT2D eigenvalue weighted by Gasteiger charge is -2.21. The second-order valence-electron chi connectivity index (χ2n) is 4.80. The fraction of sp³-hybridized carbons (Fsp3) is 0.357. The summed E-state index contributed by atoms with van der Waals surface area (Å²) >= 11 is 0. The molecule has 1 aromatic rings. The molecule has 1 aliphatic rings. The zero-order valence-corrected chi connectivity index (χ0v) is 11.0. The Morgan fingerprint density at radius 2 is 2.00 bits per heavy atom. The van der Waals surface area contributed by atoms with Gasteiger partial charge in [0.05, 0.1) is 11.3 Å². The third-order valence-electron chi connectivity index (χ3n) is 3.58. The van der Waals surface area contributed by atoms with Crippen molar-refractivity contribution in [2.45, 2.75) is 13.0 Å². The first kappa shape index (κ1) is 13.2. The minimum Gasteiger partial charge on any atom is -0.368 e. The van der Waals surface area contributed by atoms with Gasteiger partial charge >= 0.3 is 0 Å². The fourth-order valence-corrected chi connectivity index (χ4v) is 2.42. The molecule has 1 heterocycles. The summed E-state index contributed by atoms with van der Waals surface area (Å²) in [5.74, 6) is 0.424. The van der Waals surface area contributed by atoms with Crippen LogP contribution in [0.5, 0.6) is 0 Å². The number of hydrogen-bond acceptors (Lipinski definition) is 5. The maximum atomic E-state index is 9.08. The summed E-state index contributed by atoms with van der Waals surface area (Å²) in [6.07, 6.45) is 0.